The molecule has 1 N–H and O–H groups in total. The standard InChI is InChI=1S/C24H20F3N5O2/c1-33-23-30-21-15(22(31-23)32-8-7-29-24(10-32)11-34-12-24)9-28-20(19(21)27)14-4-2-3-13-5-6-16(25)18(26)17(13)14/h2-6,9,29H,7-8,10-12H2,1H3. The number of methoxy groups -OCH3 is 1. The summed E-state index contributed by atoms with van der Waals surface area (Å²) in [6.45, 7) is 3.16. The lowest BCUT2D eigenvalue weighted by Crippen LogP contribution is -2.70. The molecular formula is C24H20F3N5O2. The van der Waals surface area contributed by atoms with Crippen LogP contribution in [0.3, 0.4) is 0 Å². The minimum atomic E-state index is -1.05. The smallest absolute Gasteiger partial charge is 0.318 e. The van der Waals surface area contributed by atoms with Crippen LogP contribution in [0.5, 0.6) is 6.01 Å². The molecule has 0 saturated carbocycles. The number of aromatic nitrogens is 3. The number of ether oxygens (including phenoxy) is 2. The minimum Gasteiger partial charge on any atom is -0.467 e. The Bertz CT molecular complexity index is 1440. The summed E-state index contributed by atoms with van der Waals surface area (Å²) < 4.78 is 55.3. The number of pyridine rings is 1. The molecule has 4 heterocycles. The maximum atomic E-state index is 15.9. The average molecular weight is 467 g/mol. The van der Waals surface area contributed by atoms with Gasteiger partial charge in [-0.15, -0.1) is 0 Å². The normalized spacial score (nSPS) is 17.4. The molecule has 0 unspecified atom stereocenters. The molecular weight excluding hydrogens is 447 g/mol. The lowest BCUT2D eigenvalue weighted by atomic mass is 9.94. The highest BCUT2D eigenvalue weighted by molar-refractivity contribution is 5.99. The predicted molar refractivity (Wildman–Crippen MR) is 120 cm³/mol. The van der Waals surface area contributed by atoms with Crippen LogP contribution in [0.4, 0.5) is 19.0 Å². The number of hydrogen-bond donors (Lipinski definition) is 1. The second kappa shape index (κ2) is 7.78. The van der Waals surface area contributed by atoms with Gasteiger partial charge in [-0.05, 0) is 11.5 Å². The SMILES string of the molecule is COc1nc(N2CCNC3(COC3)C2)c2cnc(-c3cccc4ccc(F)c(F)c34)c(F)c2n1. The van der Waals surface area contributed by atoms with Crippen molar-refractivity contribution in [2.24, 2.45) is 0 Å². The molecule has 2 fully saturated rings. The number of rotatable bonds is 3. The molecule has 4 aromatic rings. The monoisotopic (exact) mass is 467 g/mol. The molecule has 7 nitrogen and oxygen atoms in total. The number of nitrogens with zero attached hydrogens (tertiary/aromatic N) is 4. The van der Waals surface area contributed by atoms with Crippen LogP contribution in [0.15, 0.2) is 36.5 Å². The van der Waals surface area contributed by atoms with Crippen LogP contribution in [-0.4, -0.2) is 60.4 Å². The zero-order chi connectivity index (χ0) is 23.4. The fraction of sp³-hybridized carbons (Fsp3) is 0.292. The summed E-state index contributed by atoms with van der Waals surface area (Å²) >= 11 is 0. The Morgan fingerprint density at radius 1 is 1.09 bits per heavy atom. The molecule has 34 heavy (non-hydrogen) atoms. The molecule has 0 aliphatic carbocycles. The molecule has 0 radical (unpaired) electrons. The van der Waals surface area contributed by atoms with Crippen molar-refractivity contribution in [3.05, 3.63) is 54.0 Å². The molecule has 2 aliphatic heterocycles. The van der Waals surface area contributed by atoms with Crippen LogP contribution in [-0.2, 0) is 4.74 Å². The van der Waals surface area contributed by atoms with E-state index in [1.165, 1.54) is 25.4 Å². The molecule has 0 amide bonds. The molecule has 0 atom stereocenters. The van der Waals surface area contributed by atoms with Gasteiger partial charge in [-0.25, -0.2) is 13.2 Å². The first kappa shape index (κ1) is 21.1. The Morgan fingerprint density at radius 3 is 2.71 bits per heavy atom. The Hall–Kier alpha value is -3.50. The lowest BCUT2D eigenvalue weighted by Gasteiger charge is -2.49. The predicted octanol–water partition coefficient (Wildman–Crippen LogP) is 3.45. The van der Waals surface area contributed by atoms with Gasteiger partial charge in [-0.1, -0.05) is 24.3 Å². The van der Waals surface area contributed by atoms with Gasteiger partial charge in [0, 0.05) is 36.8 Å². The number of benzene rings is 2. The first-order chi connectivity index (χ1) is 16.5. The zero-order valence-electron chi connectivity index (χ0n) is 18.2. The maximum Gasteiger partial charge on any atom is 0.318 e. The Labute approximate surface area is 192 Å². The highest BCUT2D eigenvalue weighted by Crippen LogP contribution is 2.37. The van der Waals surface area contributed by atoms with Crippen LogP contribution < -0.4 is 15.0 Å². The third-order valence-corrected chi connectivity index (χ3v) is 6.45. The van der Waals surface area contributed by atoms with E-state index in [9.17, 15) is 8.78 Å². The summed E-state index contributed by atoms with van der Waals surface area (Å²) in [5.74, 6) is -2.32. The second-order valence-corrected chi connectivity index (χ2v) is 8.60. The second-order valence-electron chi connectivity index (χ2n) is 8.60. The first-order valence-electron chi connectivity index (χ1n) is 10.8. The van der Waals surface area contributed by atoms with E-state index in [0.29, 0.717) is 49.4 Å². The number of piperazine rings is 1. The average Bonchev–Trinajstić information content (AvgIpc) is 2.85. The van der Waals surface area contributed by atoms with Crippen molar-refractivity contribution in [1.82, 2.24) is 20.3 Å². The highest BCUT2D eigenvalue weighted by Gasteiger charge is 2.42. The largest absolute Gasteiger partial charge is 0.467 e. The Balaban J connectivity index is 1.54. The lowest BCUT2D eigenvalue weighted by molar-refractivity contribution is -0.0743. The van der Waals surface area contributed by atoms with Crippen LogP contribution in [0.2, 0.25) is 0 Å². The summed E-state index contributed by atoms with van der Waals surface area (Å²) in [6.07, 6.45) is 1.48. The van der Waals surface area contributed by atoms with Gasteiger partial charge in [0.05, 0.1) is 31.2 Å². The summed E-state index contributed by atoms with van der Waals surface area (Å²) in [5.41, 5.74) is -0.156. The van der Waals surface area contributed by atoms with Crippen molar-refractivity contribution >= 4 is 27.5 Å². The molecule has 2 aromatic carbocycles. The zero-order valence-corrected chi connectivity index (χ0v) is 18.2. The van der Waals surface area contributed by atoms with E-state index in [0.717, 1.165) is 6.07 Å². The fourth-order valence-corrected chi connectivity index (χ4v) is 4.73. The van der Waals surface area contributed by atoms with Gasteiger partial charge >= 0.3 is 6.01 Å². The quantitative estimate of drug-likeness (QED) is 0.495. The van der Waals surface area contributed by atoms with Crippen LogP contribution in [0.1, 0.15) is 0 Å². The number of anilines is 1. The Morgan fingerprint density at radius 2 is 1.94 bits per heavy atom. The van der Waals surface area contributed by atoms with Crippen LogP contribution in [0, 0.1) is 17.5 Å². The van der Waals surface area contributed by atoms with Gasteiger partial charge in [0.2, 0.25) is 0 Å². The topological polar surface area (TPSA) is 72.4 Å². The van der Waals surface area contributed by atoms with E-state index in [2.05, 4.69) is 20.3 Å². The van der Waals surface area contributed by atoms with Gasteiger partial charge in [0.15, 0.2) is 17.5 Å². The van der Waals surface area contributed by atoms with Crippen molar-refractivity contribution in [3.63, 3.8) is 0 Å². The molecule has 6 rings (SSSR count). The van der Waals surface area contributed by atoms with E-state index in [1.807, 2.05) is 4.90 Å². The van der Waals surface area contributed by atoms with Crippen molar-refractivity contribution < 1.29 is 22.6 Å². The molecule has 1 spiro atoms. The van der Waals surface area contributed by atoms with Crippen molar-refractivity contribution in [1.29, 1.82) is 0 Å². The van der Waals surface area contributed by atoms with Crippen molar-refractivity contribution in [3.8, 4) is 17.3 Å². The number of halogens is 3. The van der Waals surface area contributed by atoms with E-state index in [4.69, 9.17) is 9.47 Å². The molecule has 10 heteroatoms. The van der Waals surface area contributed by atoms with E-state index >= 15 is 4.39 Å². The molecule has 2 aliphatic rings. The molecule has 2 aromatic heterocycles. The maximum absolute atomic E-state index is 15.9. The summed E-state index contributed by atoms with van der Waals surface area (Å²) in [5, 5.41) is 4.29. The molecule has 174 valence electrons. The van der Waals surface area contributed by atoms with E-state index in [1.54, 1.807) is 12.1 Å². The van der Waals surface area contributed by atoms with Gasteiger partial charge in [0.1, 0.15) is 17.0 Å². The van der Waals surface area contributed by atoms with Crippen LogP contribution in [0.25, 0.3) is 32.9 Å². The van der Waals surface area contributed by atoms with E-state index < -0.39 is 17.5 Å². The van der Waals surface area contributed by atoms with Gasteiger partial charge in [-0.3, -0.25) is 4.98 Å². The summed E-state index contributed by atoms with van der Waals surface area (Å²) in [7, 11) is 1.41. The number of fused-ring (bicyclic) bond motifs is 2. The summed E-state index contributed by atoms with van der Waals surface area (Å²) in [4.78, 5) is 15.1. The first-order valence-corrected chi connectivity index (χ1v) is 10.8. The minimum absolute atomic E-state index is 0.00175. The summed E-state index contributed by atoms with van der Waals surface area (Å²) in [6, 6.07) is 7.29. The van der Waals surface area contributed by atoms with Gasteiger partial charge in [-0.2, -0.15) is 9.97 Å². The third-order valence-electron chi connectivity index (χ3n) is 6.45. The third kappa shape index (κ3) is 3.17. The van der Waals surface area contributed by atoms with Crippen molar-refractivity contribution in [2.75, 3.05) is 44.9 Å². The molecule has 2 saturated heterocycles. The van der Waals surface area contributed by atoms with Gasteiger partial charge < -0.3 is 19.7 Å². The van der Waals surface area contributed by atoms with E-state index in [-0.39, 0.29) is 33.7 Å². The molecule has 0 bridgehead atoms. The fourth-order valence-electron chi connectivity index (χ4n) is 4.73. The van der Waals surface area contributed by atoms with Crippen molar-refractivity contribution in [2.45, 2.75) is 5.54 Å². The van der Waals surface area contributed by atoms with Gasteiger partial charge in [0.25, 0.3) is 0 Å². The highest BCUT2D eigenvalue weighted by atomic mass is 19.2. The Kier molecular flexibility index (Phi) is 4.82. The number of hydrogen-bond acceptors (Lipinski definition) is 7. The van der Waals surface area contributed by atoms with Crippen LogP contribution >= 0.6 is 0 Å². The number of nitrogens with one attached hydrogen (secondary N) is 1.